The molecule has 0 unspecified atom stereocenters. The van der Waals surface area contributed by atoms with Gasteiger partial charge in [0.25, 0.3) is 5.56 Å². The van der Waals surface area contributed by atoms with Crippen LogP contribution in [-0.2, 0) is 0 Å². The molecule has 0 spiro atoms. The third-order valence-electron chi connectivity index (χ3n) is 1.87. The maximum atomic E-state index is 11.1. The average Bonchev–Trinajstić information content (AvgIpc) is 2.19. The molecule has 5 nitrogen and oxygen atoms in total. The molecule has 6 heteroatoms. The van der Waals surface area contributed by atoms with Gasteiger partial charge in [0.1, 0.15) is 5.02 Å². The minimum Gasteiger partial charge on any atom is -0.395 e. The molecule has 14 heavy (non-hydrogen) atoms. The molecule has 0 bridgehead atoms. The molecular formula is C8H12ClN3O2. The van der Waals surface area contributed by atoms with Crippen molar-refractivity contribution in [1.29, 1.82) is 0 Å². The van der Waals surface area contributed by atoms with E-state index in [1.807, 2.05) is 6.92 Å². The molecule has 1 rings (SSSR count). The Morgan fingerprint density at radius 1 is 1.71 bits per heavy atom. The van der Waals surface area contributed by atoms with Crippen molar-refractivity contribution in [1.82, 2.24) is 10.2 Å². The predicted octanol–water partition coefficient (Wildman–Crippen LogP) is 0.242. The van der Waals surface area contributed by atoms with Crippen LogP contribution in [0, 0.1) is 0 Å². The number of halogens is 1. The van der Waals surface area contributed by atoms with Crippen LogP contribution >= 0.6 is 11.6 Å². The predicted molar refractivity (Wildman–Crippen MR) is 54.8 cm³/mol. The number of hydrogen-bond acceptors (Lipinski definition) is 4. The van der Waals surface area contributed by atoms with E-state index in [2.05, 4.69) is 10.2 Å². The summed E-state index contributed by atoms with van der Waals surface area (Å²) >= 11 is 5.80. The number of likely N-dealkylation sites (N-methyl/N-ethyl adjacent to an activating group) is 1. The standard InChI is InChI=1S/C8H12ClN3O2/c1-2-12(3-4-13)6-5-10-11-8(14)7(6)9/h5,13H,2-4H2,1H3,(H,11,14). The highest BCUT2D eigenvalue weighted by atomic mass is 35.5. The fourth-order valence-electron chi connectivity index (χ4n) is 1.16. The SMILES string of the molecule is CCN(CCO)c1cn[nH]c(=O)c1Cl. The second-order valence-electron chi connectivity index (χ2n) is 2.70. The first-order chi connectivity index (χ1) is 6.70. The van der Waals surface area contributed by atoms with Crippen LogP contribution in [0.25, 0.3) is 0 Å². The minimum atomic E-state index is -0.416. The van der Waals surface area contributed by atoms with Crippen LogP contribution in [0.2, 0.25) is 5.02 Å². The summed E-state index contributed by atoms with van der Waals surface area (Å²) in [6.07, 6.45) is 1.48. The molecule has 0 saturated carbocycles. The van der Waals surface area contributed by atoms with Gasteiger partial charge in [-0.15, -0.1) is 0 Å². The lowest BCUT2D eigenvalue weighted by Crippen LogP contribution is -2.28. The molecule has 1 aromatic rings. The van der Waals surface area contributed by atoms with Gasteiger partial charge in [-0.2, -0.15) is 5.10 Å². The third-order valence-corrected chi connectivity index (χ3v) is 2.23. The van der Waals surface area contributed by atoms with E-state index in [9.17, 15) is 4.79 Å². The number of aliphatic hydroxyl groups excluding tert-OH is 1. The fraction of sp³-hybridized carbons (Fsp3) is 0.500. The first kappa shape index (κ1) is 11.0. The zero-order valence-electron chi connectivity index (χ0n) is 7.83. The van der Waals surface area contributed by atoms with Crippen molar-refractivity contribution in [3.63, 3.8) is 0 Å². The number of H-pyrrole nitrogens is 1. The Labute approximate surface area is 86.3 Å². The van der Waals surface area contributed by atoms with Gasteiger partial charge in [-0.3, -0.25) is 4.79 Å². The Morgan fingerprint density at radius 3 is 3.00 bits per heavy atom. The molecule has 1 heterocycles. The van der Waals surface area contributed by atoms with Gasteiger partial charge in [0.2, 0.25) is 0 Å². The number of rotatable bonds is 4. The van der Waals surface area contributed by atoms with Gasteiger partial charge in [0, 0.05) is 13.1 Å². The van der Waals surface area contributed by atoms with Crippen LogP contribution in [-0.4, -0.2) is 35.0 Å². The van der Waals surface area contributed by atoms with Crippen molar-refractivity contribution in [2.75, 3.05) is 24.6 Å². The molecule has 1 aromatic heterocycles. The zero-order chi connectivity index (χ0) is 10.6. The first-order valence-electron chi connectivity index (χ1n) is 4.29. The monoisotopic (exact) mass is 217 g/mol. The van der Waals surface area contributed by atoms with E-state index in [0.29, 0.717) is 18.8 Å². The van der Waals surface area contributed by atoms with Crippen molar-refractivity contribution < 1.29 is 5.11 Å². The molecule has 0 fully saturated rings. The lowest BCUT2D eigenvalue weighted by molar-refractivity contribution is 0.302. The lowest BCUT2D eigenvalue weighted by atomic mass is 10.4. The molecule has 0 radical (unpaired) electrons. The second-order valence-corrected chi connectivity index (χ2v) is 3.08. The van der Waals surface area contributed by atoms with E-state index in [4.69, 9.17) is 16.7 Å². The Hall–Kier alpha value is -1.07. The van der Waals surface area contributed by atoms with E-state index in [0.717, 1.165) is 0 Å². The van der Waals surface area contributed by atoms with Crippen molar-refractivity contribution in [2.45, 2.75) is 6.92 Å². The van der Waals surface area contributed by atoms with E-state index in [-0.39, 0.29) is 11.6 Å². The highest BCUT2D eigenvalue weighted by Crippen LogP contribution is 2.19. The number of aromatic nitrogens is 2. The normalized spacial score (nSPS) is 10.2. The molecule has 0 aliphatic rings. The van der Waals surface area contributed by atoms with Gasteiger partial charge >= 0.3 is 0 Å². The van der Waals surface area contributed by atoms with Crippen LogP contribution in [0.15, 0.2) is 11.0 Å². The molecule has 0 amide bonds. The number of hydrogen-bond donors (Lipinski definition) is 2. The smallest absolute Gasteiger partial charge is 0.285 e. The maximum absolute atomic E-state index is 11.1. The molecule has 0 saturated heterocycles. The quantitative estimate of drug-likeness (QED) is 0.758. The van der Waals surface area contributed by atoms with Gasteiger partial charge in [-0.1, -0.05) is 11.6 Å². The average molecular weight is 218 g/mol. The molecule has 78 valence electrons. The van der Waals surface area contributed by atoms with Gasteiger partial charge in [-0.05, 0) is 6.92 Å². The minimum absolute atomic E-state index is 0.0109. The molecular weight excluding hydrogens is 206 g/mol. The summed E-state index contributed by atoms with van der Waals surface area (Å²) in [7, 11) is 0. The van der Waals surface area contributed by atoms with E-state index in [1.54, 1.807) is 4.90 Å². The Morgan fingerprint density at radius 2 is 2.43 bits per heavy atom. The zero-order valence-corrected chi connectivity index (χ0v) is 8.58. The van der Waals surface area contributed by atoms with Gasteiger partial charge in [0.15, 0.2) is 0 Å². The van der Waals surface area contributed by atoms with E-state index < -0.39 is 5.56 Å². The van der Waals surface area contributed by atoms with Crippen molar-refractivity contribution in [2.24, 2.45) is 0 Å². The number of aliphatic hydroxyl groups is 1. The summed E-state index contributed by atoms with van der Waals surface area (Å²) in [5.74, 6) is 0. The first-order valence-corrected chi connectivity index (χ1v) is 4.67. The fourth-order valence-corrected chi connectivity index (χ4v) is 1.37. The Kier molecular flexibility index (Phi) is 3.91. The molecule has 2 N–H and O–H groups in total. The van der Waals surface area contributed by atoms with Gasteiger partial charge in [-0.25, -0.2) is 5.10 Å². The van der Waals surface area contributed by atoms with Gasteiger partial charge < -0.3 is 10.0 Å². The third kappa shape index (κ3) is 2.24. The van der Waals surface area contributed by atoms with E-state index in [1.165, 1.54) is 6.20 Å². The molecule has 0 aromatic carbocycles. The number of nitrogens with one attached hydrogen (secondary N) is 1. The van der Waals surface area contributed by atoms with E-state index >= 15 is 0 Å². The Bertz CT molecular complexity index is 353. The Balaban J connectivity index is 3.03. The van der Waals surface area contributed by atoms with Crippen LogP contribution in [0.4, 0.5) is 5.69 Å². The highest BCUT2D eigenvalue weighted by molar-refractivity contribution is 6.32. The second kappa shape index (κ2) is 4.97. The van der Waals surface area contributed by atoms with Crippen molar-refractivity contribution in [3.05, 3.63) is 21.6 Å². The number of nitrogens with zero attached hydrogens (tertiary/aromatic N) is 2. The number of aromatic amines is 1. The molecule has 0 aliphatic carbocycles. The van der Waals surface area contributed by atoms with Crippen LogP contribution in [0.3, 0.4) is 0 Å². The summed E-state index contributed by atoms with van der Waals surface area (Å²) in [4.78, 5) is 12.9. The summed E-state index contributed by atoms with van der Waals surface area (Å²) in [6.45, 7) is 3.01. The van der Waals surface area contributed by atoms with Crippen molar-refractivity contribution in [3.8, 4) is 0 Å². The summed E-state index contributed by atoms with van der Waals surface area (Å²) in [6, 6.07) is 0. The summed E-state index contributed by atoms with van der Waals surface area (Å²) < 4.78 is 0. The maximum Gasteiger partial charge on any atom is 0.285 e. The summed E-state index contributed by atoms with van der Waals surface area (Å²) in [5.41, 5.74) is 0.132. The van der Waals surface area contributed by atoms with Crippen molar-refractivity contribution >= 4 is 17.3 Å². The van der Waals surface area contributed by atoms with Crippen LogP contribution < -0.4 is 10.5 Å². The number of anilines is 1. The highest BCUT2D eigenvalue weighted by Gasteiger charge is 2.10. The lowest BCUT2D eigenvalue weighted by Gasteiger charge is -2.21. The van der Waals surface area contributed by atoms with Crippen LogP contribution in [0.5, 0.6) is 0 Å². The van der Waals surface area contributed by atoms with Crippen LogP contribution in [0.1, 0.15) is 6.92 Å². The van der Waals surface area contributed by atoms with Gasteiger partial charge in [0.05, 0.1) is 18.5 Å². The molecule has 0 atom stereocenters. The molecule has 0 aliphatic heterocycles. The topological polar surface area (TPSA) is 69.2 Å². The largest absolute Gasteiger partial charge is 0.395 e. The summed E-state index contributed by atoms with van der Waals surface area (Å²) in [5, 5.41) is 14.8.